The summed E-state index contributed by atoms with van der Waals surface area (Å²) >= 11 is 0. The highest BCUT2D eigenvalue weighted by Crippen LogP contribution is 2.32. The van der Waals surface area contributed by atoms with Gasteiger partial charge < -0.3 is 14.5 Å². The smallest absolute Gasteiger partial charge is 0.243 e. The maximum absolute atomic E-state index is 12.7. The molecule has 5 nitrogen and oxygen atoms in total. The van der Waals surface area contributed by atoms with E-state index < -0.39 is 0 Å². The molecular formula is C15H24N2O3. The summed E-state index contributed by atoms with van der Waals surface area (Å²) in [5, 5.41) is 0. The van der Waals surface area contributed by atoms with Gasteiger partial charge in [0.1, 0.15) is 6.54 Å². The Labute approximate surface area is 120 Å². The van der Waals surface area contributed by atoms with Crippen molar-refractivity contribution in [1.82, 2.24) is 9.80 Å². The van der Waals surface area contributed by atoms with Gasteiger partial charge in [0.15, 0.2) is 0 Å². The summed E-state index contributed by atoms with van der Waals surface area (Å²) in [6.07, 6.45) is 4.01. The fourth-order valence-electron chi connectivity index (χ4n) is 3.38. The minimum Gasteiger partial charge on any atom is -0.377 e. The molecule has 0 aromatic rings. The van der Waals surface area contributed by atoms with Crippen LogP contribution in [-0.2, 0) is 14.3 Å². The molecule has 2 amide bonds. The average molecular weight is 280 g/mol. The predicted octanol–water partition coefficient (Wildman–Crippen LogP) is 1.23. The van der Waals surface area contributed by atoms with Gasteiger partial charge >= 0.3 is 0 Å². The van der Waals surface area contributed by atoms with Crippen LogP contribution in [-0.4, -0.2) is 53.6 Å². The highest BCUT2D eigenvalue weighted by atomic mass is 16.5. The Morgan fingerprint density at radius 3 is 2.70 bits per heavy atom. The second-order valence-electron chi connectivity index (χ2n) is 6.60. The van der Waals surface area contributed by atoms with E-state index in [0.29, 0.717) is 18.6 Å². The first-order chi connectivity index (χ1) is 9.58. The van der Waals surface area contributed by atoms with Crippen molar-refractivity contribution in [3.8, 4) is 0 Å². The molecule has 1 aliphatic carbocycles. The number of nitrogens with zero attached hydrogens (tertiary/aromatic N) is 2. The number of hydrogen-bond acceptors (Lipinski definition) is 3. The van der Waals surface area contributed by atoms with Crippen molar-refractivity contribution in [3.63, 3.8) is 0 Å². The normalized spacial score (nSPS) is 31.2. The van der Waals surface area contributed by atoms with Crippen molar-refractivity contribution in [2.45, 2.75) is 51.7 Å². The summed E-state index contributed by atoms with van der Waals surface area (Å²) in [6.45, 7) is 5.70. The van der Waals surface area contributed by atoms with Crippen LogP contribution in [0.3, 0.4) is 0 Å². The molecule has 0 bridgehead atoms. The highest BCUT2D eigenvalue weighted by molar-refractivity contribution is 5.89. The van der Waals surface area contributed by atoms with Gasteiger partial charge in [0.05, 0.1) is 18.7 Å². The standard InChI is InChI=1S/C15H24N2O3/c1-10(2)14-12(4-3-7-20-14)15(19)16-8-13(18)17(9-16)11-5-6-11/h10-12,14H,3-9H2,1-2H3/t12-,14-/m0/s1. The van der Waals surface area contributed by atoms with Gasteiger partial charge in [-0.15, -0.1) is 0 Å². The molecule has 0 unspecified atom stereocenters. The SMILES string of the molecule is CC(C)[C@@H]1OCCC[C@@H]1C(=O)N1CC(=O)N(C2CC2)C1. The molecule has 0 aromatic carbocycles. The van der Waals surface area contributed by atoms with E-state index in [1.54, 1.807) is 4.90 Å². The third-order valence-electron chi connectivity index (χ3n) is 4.61. The molecule has 2 heterocycles. The number of carbonyl (C=O) groups is 2. The molecule has 0 N–H and O–H groups in total. The second-order valence-corrected chi connectivity index (χ2v) is 6.60. The summed E-state index contributed by atoms with van der Waals surface area (Å²) in [7, 11) is 0. The molecule has 0 spiro atoms. The van der Waals surface area contributed by atoms with Crippen molar-refractivity contribution in [2.75, 3.05) is 19.8 Å². The van der Waals surface area contributed by atoms with Crippen molar-refractivity contribution in [1.29, 1.82) is 0 Å². The average Bonchev–Trinajstić information content (AvgIpc) is 3.21. The lowest BCUT2D eigenvalue weighted by atomic mass is 9.86. The number of amides is 2. The number of hydrogen-bond donors (Lipinski definition) is 0. The molecular weight excluding hydrogens is 256 g/mol. The molecule has 1 saturated carbocycles. The van der Waals surface area contributed by atoms with E-state index in [1.165, 1.54) is 0 Å². The second kappa shape index (κ2) is 5.35. The number of rotatable bonds is 3. The monoisotopic (exact) mass is 280 g/mol. The van der Waals surface area contributed by atoms with Gasteiger partial charge in [0.25, 0.3) is 0 Å². The fourth-order valence-corrected chi connectivity index (χ4v) is 3.38. The van der Waals surface area contributed by atoms with E-state index in [9.17, 15) is 9.59 Å². The molecule has 5 heteroatoms. The van der Waals surface area contributed by atoms with Gasteiger partial charge in [0.2, 0.25) is 11.8 Å². The summed E-state index contributed by atoms with van der Waals surface area (Å²) in [5.41, 5.74) is 0. The van der Waals surface area contributed by atoms with Gasteiger partial charge in [-0.25, -0.2) is 0 Å². The van der Waals surface area contributed by atoms with Crippen LogP contribution in [0.5, 0.6) is 0 Å². The van der Waals surface area contributed by atoms with Crippen LogP contribution in [0.15, 0.2) is 0 Å². The third kappa shape index (κ3) is 2.55. The van der Waals surface area contributed by atoms with Crippen LogP contribution in [0.1, 0.15) is 39.5 Å². The lowest BCUT2D eigenvalue weighted by Crippen LogP contribution is -2.45. The van der Waals surface area contributed by atoms with Gasteiger partial charge in [-0.05, 0) is 31.6 Å². The Morgan fingerprint density at radius 1 is 1.30 bits per heavy atom. The lowest BCUT2D eigenvalue weighted by molar-refractivity contribution is -0.147. The number of ether oxygens (including phenoxy) is 1. The summed E-state index contributed by atoms with van der Waals surface area (Å²) in [6, 6.07) is 0.392. The molecule has 3 rings (SSSR count). The zero-order valence-corrected chi connectivity index (χ0v) is 12.4. The first-order valence-corrected chi connectivity index (χ1v) is 7.78. The van der Waals surface area contributed by atoms with Crippen LogP contribution in [0.2, 0.25) is 0 Å². The highest BCUT2D eigenvalue weighted by Gasteiger charge is 2.43. The third-order valence-corrected chi connectivity index (χ3v) is 4.61. The first kappa shape index (κ1) is 13.9. The van der Waals surface area contributed by atoms with Crippen LogP contribution in [0.4, 0.5) is 0 Å². The molecule has 2 atom stereocenters. The van der Waals surface area contributed by atoms with Gasteiger partial charge in [-0.1, -0.05) is 13.8 Å². The van der Waals surface area contributed by atoms with E-state index in [0.717, 1.165) is 32.3 Å². The maximum atomic E-state index is 12.7. The van der Waals surface area contributed by atoms with Crippen molar-refractivity contribution in [2.24, 2.45) is 11.8 Å². The maximum Gasteiger partial charge on any atom is 0.243 e. The van der Waals surface area contributed by atoms with Gasteiger partial charge in [0, 0.05) is 12.6 Å². The Morgan fingerprint density at radius 2 is 2.05 bits per heavy atom. The Hall–Kier alpha value is -1.10. The zero-order chi connectivity index (χ0) is 14.3. The number of carbonyl (C=O) groups excluding carboxylic acids is 2. The molecule has 0 aromatic heterocycles. The summed E-state index contributed by atoms with van der Waals surface area (Å²) in [5.74, 6) is 0.483. The first-order valence-electron chi connectivity index (χ1n) is 7.78. The topological polar surface area (TPSA) is 49.9 Å². The fraction of sp³-hybridized carbons (Fsp3) is 0.867. The van der Waals surface area contributed by atoms with Gasteiger partial charge in [-0.2, -0.15) is 0 Å². The van der Waals surface area contributed by atoms with E-state index in [1.807, 2.05) is 4.90 Å². The molecule has 3 fully saturated rings. The molecule has 2 aliphatic heterocycles. The van der Waals surface area contributed by atoms with E-state index >= 15 is 0 Å². The minimum atomic E-state index is -0.0734. The molecule has 2 saturated heterocycles. The largest absolute Gasteiger partial charge is 0.377 e. The Bertz CT molecular complexity index is 406. The van der Waals surface area contributed by atoms with E-state index in [4.69, 9.17) is 4.74 Å². The van der Waals surface area contributed by atoms with Crippen LogP contribution >= 0.6 is 0 Å². The van der Waals surface area contributed by atoms with Crippen molar-refractivity contribution < 1.29 is 14.3 Å². The predicted molar refractivity (Wildman–Crippen MR) is 73.8 cm³/mol. The van der Waals surface area contributed by atoms with Crippen LogP contribution < -0.4 is 0 Å². The van der Waals surface area contributed by atoms with E-state index in [-0.39, 0.29) is 30.4 Å². The van der Waals surface area contributed by atoms with E-state index in [2.05, 4.69) is 13.8 Å². The summed E-state index contributed by atoms with van der Waals surface area (Å²) < 4.78 is 5.80. The minimum absolute atomic E-state index is 0.00123. The zero-order valence-electron chi connectivity index (χ0n) is 12.4. The Kier molecular flexibility index (Phi) is 3.71. The Balaban J connectivity index is 1.67. The van der Waals surface area contributed by atoms with Crippen molar-refractivity contribution >= 4 is 11.8 Å². The lowest BCUT2D eigenvalue weighted by Gasteiger charge is -2.35. The van der Waals surface area contributed by atoms with Crippen LogP contribution in [0, 0.1) is 11.8 Å². The quantitative estimate of drug-likeness (QED) is 0.781. The molecule has 20 heavy (non-hydrogen) atoms. The summed E-state index contributed by atoms with van der Waals surface area (Å²) in [4.78, 5) is 28.3. The van der Waals surface area contributed by atoms with Gasteiger partial charge in [-0.3, -0.25) is 9.59 Å². The molecule has 0 radical (unpaired) electrons. The van der Waals surface area contributed by atoms with Crippen LogP contribution in [0.25, 0.3) is 0 Å². The molecule has 112 valence electrons. The van der Waals surface area contributed by atoms with Crippen molar-refractivity contribution in [3.05, 3.63) is 0 Å². The molecule has 3 aliphatic rings.